The van der Waals surface area contributed by atoms with Gasteiger partial charge < -0.3 is 4.12 Å². The van der Waals surface area contributed by atoms with Crippen LogP contribution in [0.25, 0.3) is 0 Å². The summed E-state index contributed by atoms with van der Waals surface area (Å²) in [6.45, 7) is 0. The Morgan fingerprint density at radius 3 is 1.18 bits per heavy atom. The second-order valence-electron chi connectivity index (χ2n) is 1.72. The van der Waals surface area contributed by atoms with Crippen molar-refractivity contribution in [2.75, 3.05) is 0 Å². The highest BCUT2D eigenvalue weighted by Crippen LogP contribution is 2.27. The molecule has 0 aliphatic heterocycles. The summed E-state index contributed by atoms with van der Waals surface area (Å²) in [6.07, 6.45) is 0. The van der Waals surface area contributed by atoms with Gasteiger partial charge in [0.15, 0.2) is 6.83 Å². The van der Waals surface area contributed by atoms with Gasteiger partial charge in [0.1, 0.15) is 0 Å². The van der Waals surface area contributed by atoms with E-state index in [0.717, 1.165) is 0 Å². The highest BCUT2D eigenvalue weighted by atomic mass is 35.6. The maximum Gasteiger partial charge on any atom is 0.204 e. The van der Waals surface area contributed by atoms with E-state index in [-0.39, 0.29) is 0 Å². The minimum Gasteiger partial charge on any atom is -0.459 e. The molecule has 0 aliphatic rings. The van der Waals surface area contributed by atoms with Gasteiger partial charge in [-0.05, 0) is 0 Å². The van der Waals surface area contributed by atoms with E-state index in [2.05, 4.69) is 0 Å². The molecule has 0 aromatic carbocycles. The Balaban J connectivity index is 3.44. The molecule has 0 saturated heterocycles. The minimum absolute atomic E-state index is 1.23. The molecule has 9 heteroatoms. The first-order valence-corrected chi connectivity index (χ1v) is 7.26. The number of rotatable bonds is 2. The van der Waals surface area contributed by atoms with Gasteiger partial charge in [-0.15, -0.1) is 0 Å². The molecule has 0 aromatic heterocycles. The summed E-state index contributed by atoms with van der Waals surface area (Å²) >= 11 is 32.5. The van der Waals surface area contributed by atoms with E-state index in [4.69, 9.17) is 73.7 Å². The van der Waals surface area contributed by atoms with Crippen LogP contribution < -0.4 is 0 Å². The van der Waals surface area contributed by atoms with E-state index >= 15 is 0 Å². The van der Waals surface area contributed by atoms with Crippen molar-refractivity contribution < 1.29 is 4.12 Å². The molecular formula is C2H4Cl6OSi2. The lowest BCUT2D eigenvalue weighted by Crippen LogP contribution is -2.26. The van der Waals surface area contributed by atoms with Crippen LogP contribution in [0.3, 0.4) is 0 Å². The second kappa shape index (κ2) is 5.12. The smallest absolute Gasteiger partial charge is 0.204 e. The zero-order valence-electron chi connectivity index (χ0n) is 5.09. The highest BCUT2D eigenvalue weighted by molar-refractivity contribution is 6.90. The fourth-order valence-electron chi connectivity index (χ4n) is 0.282. The highest BCUT2D eigenvalue weighted by Gasteiger charge is 2.25. The summed E-state index contributed by atoms with van der Waals surface area (Å²) in [5.41, 5.74) is 0. The maximum atomic E-state index is 5.42. The Morgan fingerprint density at radius 2 is 1.00 bits per heavy atom. The van der Waals surface area contributed by atoms with Crippen molar-refractivity contribution in [2.24, 2.45) is 0 Å². The first-order chi connectivity index (χ1) is 4.71. The van der Waals surface area contributed by atoms with Gasteiger partial charge in [-0.2, -0.15) is 0 Å². The Bertz CT molecular complexity index is 103. The van der Waals surface area contributed by atoms with E-state index in [9.17, 15) is 0 Å². The van der Waals surface area contributed by atoms with E-state index in [1.165, 1.54) is 0 Å². The summed E-state index contributed by atoms with van der Waals surface area (Å²) in [7, 11) is -2.45. The van der Waals surface area contributed by atoms with Crippen molar-refractivity contribution >= 4 is 89.1 Å². The van der Waals surface area contributed by atoms with Gasteiger partial charge in [-0.3, -0.25) is 0 Å². The third-order valence-corrected chi connectivity index (χ3v) is 4.78. The van der Waals surface area contributed by atoms with Gasteiger partial charge in [-0.25, -0.2) is 0 Å². The van der Waals surface area contributed by atoms with Crippen LogP contribution >= 0.6 is 69.6 Å². The van der Waals surface area contributed by atoms with Crippen LogP contribution in [0.15, 0.2) is 0 Å². The molecule has 0 amide bonds. The molecule has 0 rings (SSSR count). The van der Waals surface area contributed by atoms with Gasteiger partial charge in [0, 0.05) is 0 Å². The first kappa shape index (κ1) is 13.1. The summed E-state index contributed by atoms with van der Waals surface area (Å²) in [5, 5.41) is 0. The van der Waals surface area contributed by atoms with E-state index in [1.807, 2.05) is 0 Å². The zero-order valence-corrected chi connectivity index (χ0v) is 12.5. The second-order valence-corrected chi connectivity index (χ2v) is 13.8. The van der Waals surface area contributed by atoms with Crippen LogP contribution in [0.4, 0.5) is 0 Å². The van der Waals surface area contributed by atoms with Crippen LogP contribution in [0.5, 0.6) is 0 Å². The van der Waals surface area contributed by atoms with Gasteiger partial charge in [0.25, 0.3) is 0 Å². The molecule has 1 nitrogen and oxygen atoms in total. The van der Waals surface area contributed by atoms with E-state index in [0.29, 0.717) is 0 Å². The van der Waals surface area contributed by atoms with Crippen molar-refractivity contribution in [3.8, 4) is 0 Å². The van der Waals surface area contributed by atoms with E-state index in [1.54, 1.807) is 0 Å². The number of alkyl halides is 6. The monoisotopic (exact) mass is 310 g/mol. The van der Waals surface area contributed by atoms with E-state index < -0.39 is 26.4 Å². The van der Waals surface area contributed by atoms with Gasteiger partial charge in [-0.1, -0.05) is 69.6 Å². The molecule has 0 atom stereocenters. The minimum atomic E-state index is -1.29. The molecule has 0 N–H and O–H groups in total. The largest absolute Gasteiger partial charge is 0.459 e. The first-order valence-electron chi connectivity index (χ1n) is 2.42. The van der Waals surface area contributed by atoms with Crippen LogP contribution in [0.2, 0.25) is 0 Å². The molecule has 0 fully saturated rings. The molecule has 0 unspecified atom stereocenters. The van der Waals surface area contributed by atoms with Crippen LogP contribution in [-0.2, 0) is 4.12 Å². The molecule has 0 saturated carbocycles. The lowest BCUT2D eigenvalue weighted by molar-refractivity contribution is 0.637. The predicted octanol–water partition coefficient (Wildman–Crippen LogP) is 1.83. The van der Waals surface area contributed by atoms with Crippen molar-refractivity contribution in [3.05, 3.63) is 0 Å². The molecule has 0 aromatic rings. The molecule has 0 aliphatic carbocycles. The van der Waals surface area contributed by atoms with Crippen molar-refractivity contribution in [2.45, 2.75) is 6.83 Å². The third-order valence-electron chi connectivity index (χ3n) is 0.531. The lowest BCUT2D eigenvalue weighted by Gasteiger charge is -2.14. The van der Waals surface area contributed by atoms with Crippen molar-refractivity contribution in [1.82, 2.24) is 0 Å². The lowest BCUT2D eigenvalue weighted by atomic mass is 11.8. The standard InChI is InChI=1S/C2H4Cl6OSi2/c3-1(4,5)10-9-11-2(6,7)8/h10-11H2. The SMILES string of the molecule is ClC(Cl)(Cl)[SiH2]O[SiH2]C(Cl)(Cl)Cl. The fourth-order valence-corrected chi connectivity index (χ4v) is 6.71. The maximum absolute atomic E-state index is 5.42. The number of hydrogen-bond donors (Lipinski definition) is 0. The molecular weight excluding hydrogens is 309 g/mol. The predicted molar refractivity (Wildman–Crippen MR) is 58.8 cm³/mol. The molecule has 0 radical (unpaired) electrons. The summed E-state index contributed by atoms with van der Waals surface area (Å²) in [5.74, 6) is 0. The normalized spacial score (nSPS) is 15.8. The summed E-state index contributed by atoms with van der Waals surface area (Å²) < 4.78 is 2.47. The number of halogens is 6. The quantitative estimate of drug-likeness (QED) is 0.558. The van der Waals surface area contributed by atoms with Gasteiger partial charge >= 0.3 is 0 Å². The Kier molecular flexibility index (Phi) is 6.12. The molecule has 68 valence electrons. The van der Waals surface area contributed by atoms with Crippen LogP contribution in [0.1, 0.15) is 0 Å². The Hall–Kier alpha value is 2.13. The van der Waals surface area contributed by atoms with Crippen LogP contribution in [0, 0.1) is 0 Å². The third kappa shape index (κ3) is 12.1. The average molecular weight is 313 g/mol. The van der Waals surface area contributed by atoms with Crippen molar-refractivity contribution in [3.63, 3.8) is 0 Å². The zero-order chi connectivity index (χ0) is 9.12. The topological polar surface area (TPSA) is 9.23 Å². The van der Waals surface area contributed by atoms with Crippen LogP contribution in [-0.4, -0.2) is 26.4 Å². The Morgan fingerprint density at radius 1 is 0.727 bits per heavy atom. The molecule has 0 spiro atoms. The molecule has 0 bridgehead atoms. The molecule has 11 heavy (non-hydrogen) atoms. The fraction of sp³-hybridized carbons (Fsp3) is 1.00. The number of hydrogen-bond acceptors (Lipinski definition) is 1. The van der Waals surface area contributed by atoms with Gasteiger partial charge in [0.2, 0.25) is 19.5 Å². The van der Waals surface area contributed by atoms with Crippen molar-refractivity contribution in [1.29, 1.82) is 0 Å². The average Bonchev–Trinajstić information content (AvgIpc) is 1.55. The Labute approximate surface area is 99.4 Å². The molecule has 0 heterocycles. The summed E-state index contributed by atoms with van der Waals surface area (Å²) in [6, 6.07) is 0. The van der Waals surface area contributed by atoms with Gasteiger partial charge in [0.05, 0.1) is 0 Å². The summed E-state index contributed by atoms with van der Waals surface area (Å²) in [4.78, 5) is 0.